The zero-order chi connectivity index (χ0) is 19.0. The van der Waals surface area contributed by atoms with Crippen LogP contribution in [-0.4, -0.2) is 88.1 Å². The van der Waals surface area contributed by atoms with Crippen LogP contribution in [0.15, 0.2) is 30.3 Å². The highest BCUT2D eigenvalue weighted by molar-refractivity contribution is 7.86. The monoisotopic (exact) mass is 395 g/mol. The number of likely N-dealkylation sites (tertiary alicyclic amines) is 1. The van der Waals surface area contributed by atoms with Crippen LogP contribution >= 0.6 is 0 Å². The van der Waals surface area contributed by atoms with Gasteiger partial charge in [0.05, 0.1) is 38.5 Å². The molecule has 27 heavy (non-hydrogen) atoms. The Balaban J connectivity index is 1.60. The predicted octanol–water partition coefficient (Wildman–Crippen LogP) is 0.813. The Bertz CT molecular complexity index is 735. The van der Waals surface area contributed by atoms with E-state index >= 15 is 0 Å². The number of rotatable bonds is 4. The maximum Gasteiger partial charge on any atom is 0.282 e. The minimum absolute atomic E-state index is 0.124. The van der Waals surface area contributed by atoms with Gasteiger partial charge in [-0.05, 0) is 17.4 Å². The Labute approximate surface area is 162 Å². The summed E-state index contributed by atoms with van der Waals surface area (Å²) >= 11 is 0. The Morgan fingerprint density at radius 2 is 1.67 bits per heavy atom. The Morgan fingerprint density at radius 3 is 2.30 bits per heavy atom. The molecular weight excluding hydrogens is 366 g/mol. The quantitative estimate of drug-likeness (QED) is 0.755. The SMILES string of the molecule is CN(C)S(=O)(=O)N1C[C@@H]2CN(C3COCCOC3)C[C@@H]2[C@H]1c1ccccc1. The molecule has 1 aromatic carbocycles. The molecule has 8 heteroatoms. The third-order valence-corrected chi connectivity index (χ3v) is 7.95. The molecule has 150 valence electrons. The van der Waals surface area contributed by atoms with E-state index in [1.54, 1.807) is 18.4 Å². The van der Waals surface area contributed by atoms with Gasteiger partial charge in [-0.3, -0.25) is 4.90 Å². The number of nitrogens with zero attached hydrogens (tertiary/aromatic N) is 3. The van der Waals surface area contributed by atoms with Crippen LogP contribution in [0.4, 0.5) is 0 Å². The van der Waals surface area contributed by atoms with Crippen LogP contribution in [0.3, 0.4) is 0 Å². The van der Waals surface area contributed by atoms with Crippen LogP contribution in [0.1, 0.15) is 11.6 Å². The fraction of sp³-hybridized carbons (Fsp3) is 0.684. The van der Waals surface area contributed by atoms with Gasteiger partial charge in [-0.15, -0.1) is 0 Å². The molecule has 0 N–H and O–H groups in total. The van der Waals surface area contributed by atoms with E-state index in [9.17, 15) is 8.42 Å². The number of fused-ring (bicyclic) bond motifs is 1. The lowest BCUT2D eigenvalue weighted by Gasteiger charge is -2.32. The van der Waals surface area contributed by atoms with Gasteiger partial charge in [0.15, 0.2) is 0 Å². The third kappa shape index (κ3) is 3.66. The topological polar surface area (TPSA) is 62.3 Å². The lowest BCUT2D eigenvalue weighted by Crippen LogP contribution is -2.44. The highest BCUT2D eigenvalue weighted by atomic mass is 32.2. The summed E-state index contributed by atoms with van der Waals surface area (Å²) in [6, 6.07) is 10.2. The maximum atomic E-state index is 13.0. The van der Waals surface area contributed by atoms with Gasteiger partial charge in [0.25, 0.3) is 10.2 Å². The molecular formula is C19H29N3O4S. The Hall–Kier alpha value is -1.03. The molecule has 0 saturated carbocycles. The molecule has 3 atom stereocenters. The summed E-state index contributed by atoms with van der Waals surface area (Å²) in [4.78, 5) is 2.44. The molecule has 7 nitrogen and oxygen atoms in total. The molecule has 4 rings (SSSR count). The number of ether oxygens (including phenoxy) is 2. The first kappa shape index (κ1) is 19.3. The zero-order valence-corrected chi connectivity index (χ0v) is 16.8. The standard InChI is InChI=1S/C19H29N3O4S/c1-20(2)27(23,24)22-11-16-10-21(17-13-25-8-9-26-14-17)12-18(16)19(22)15-6-4-3-5-7-15/h3-7,16-19H,8-14H2,1-2H3/t16-,18-,19+/m0/s1. The minimum Gasteiger partial charge on any atom is -0.377 e. The minimum atomic E-state index is -3.47. The molecule has 3 saturated heterocycles. The second kappa shape index (κ2) is 7.77. The van der Waals surface area contributed by atoms with E-state index in [1.165, 1.54) is 4.31 Å². The number of benzene rings is 1. The summed E-state index contributed by atoms with van der Waals surface area (Å²) in [6.45, 7) is 5.02. The van der Waals surface area contributed by atoms with E-state index in [2.05, 4.69) is 4.90 Å². The van der Waals surface area contributed by atoms with Crippen LogP contribution in [0.2, 0.25) is 0 Å². The average molecular weight is 396 g/mol. The van der Waals surface area contributed by atoms with E-state index in [-0.39, 0.29) is 18.0 Å². The van der Waals surface area contributed by atoms with Crippen molar-refractivity contribution in [2.24, 2.45) is 11.8 Å². The van der Waals surface area contributed by atoms with Crippen molar-refractivity contribution >= 4 is 10.2 Å². The first-order valence-electron chi connectivity index (χ1n) is 9.62. The van der Waals surface area contributed by atoms with E-state index < -0.39 is 10.2 Å². The van der Waals surface area contributed by atoms with Gasteiger partial charge in [0, 0.05) is 33.7 Å². The first-order valence-corrected chi connectivity index (χ1v) is 11.0. The summed E-state index contributed by atoms with van der Waals surface area (Å²) < 4.78 is 40.3. The molecule has 0 spiro atoms. The van der Waals surface area contributed by atoms with Gasteiger partial charge in [-0.1, -0.05) is 30.3 Å². The molecule has 3 heterocycles. The molecule has 0 aliphatic carbocycles. The van der Waals surface area contributed by atoms with Crippen molar-refractivity contribution in [1.82, 2.24) is 13.5 Å². The van der Waals surface area contributed by atoms with E-state index in [4.69, 9.17) is 9.47 Å². The summed E-state index contributed by atoms with van der Waals surface area (Å²) in [5.74, 6) is 0.610. The van der Waals surface area contributed by atoms with Crippen molar-refractivity contribution in [3.05, 3.63) is 35.9 Å². The van der Waals surface area contributed by atoms with Crippen LogP contribution in [0, 0.1) is 11.8 Å². The van der Waals surface area contributed by atoms with Gasteiger partial charge in [0.2, 0.25) is 0 Å². The second-order valence-corrected chi connectivity index (χ2v) is 9.99. The highest BCUT2D eigenvalue weighted by Gasteiger charge is 2.52. The largest absolute Gasteiger partial charge is 0.377 e. The molecule has 0 unspecified atom stereocenters. The first-order chi connectivity index (χ1) is 13.0. The average Bonchev–Trinajstić information content (AvgIpc) is 3.09. The molecule has 3 fully saturated rings. The molecule has 0 aromatic heterocycles. The lowest BCUT2D eigenvalue weighted by molar-refractivity contribution is 0.0778. The van der Waals surface area contributed by atoms with Crippen molar-refractivity contribution in [1.29, 1.82) is 0 Å². The molecule has 0 bridgehead atoms. The lowest BCUT2D eigenvalue weighted by atomic mass is 9.90. The van der Waals surface area contributed by atoms with Crippen LogP contribution in [0.5, 0.6) is 0 Å². The van der Waals surface area contributed by atoms with E-state index in [0.29, 0.717) is 38.9 Å². The van der Waals surface area contributed by atoms with Gasteiger partial charge in [-0.25, -0.2) is 0 Å². The maximum absolute atomic E-state index is 13.0. The highest BCUT2D eigenvalue weighted by Crippen LogP contribution is 2.47. The smallest absolute Gasteiger partial charge is 0.282 e. The third-order valence-electron chi connectivity index (χ3n) is 6.06. The normalized spacial score (nSPS) is 31.3. The summed E-state index contributed by atoms with van der Waals surface area (Å²) in [6.07, 6.45) is 0. The fourth-order valence-electron chi connectivity index (χ4n) is 4.66. The van der Waals surface area contributed by atoms with Crippen LogP contribution in [0.25, 0.3) is 0 Å². The predicted molar refractivity (Wildman–Crippen MR) is 102 cm³/mol. The molecule has 1 aromatic rings. The van der Waals surface area contributed by atoms with E-state index in [1.807, 2.05) is 30.3 Å². The molecule has 3 aliphatic heterocycles. The molecule has 3 aliphatic rings. The van der Waals surface area contributed by atoms with E-state index in [0.717, 1.165) is 18.7 Å². The van der Waals surface area contributed by atoms with Gasteiger partial charge >= 0.3 is 0 Å². The Morgan fingerprint density at radius 1 is 1.00 bits per heavy atom. The van der Waals surface area contributed by atoms with Crippen molar-refractivity contribution in [2.75, 3.05) is 60.2 Å². The number of hydrogen-bond donors (Lipinski definition) is 0. The summed E-state index contributed by atoms with van der Waals surface area (Å²) in [7, 11) is -0.247. The van der Waals surface area contributed by atoms with Gasteiger partial charge in [0.1, 0.15) is 0 Å². The van der Waals surface area contributed by atoms with Crippen molar-refractivity contribution in [3.63, 3.8) is 0 Å². The van der Waals surface area contributed by atoms with Crippen molar-refractivity contribution in [3.8, 4) is 0 Å². The summed E-state index contributed by atoms with van der Waals surface area (Å²) in [5, 5.41) is 0. The fourth-order valence-corrected chi connectivity index (χ4v) is 6.03. The van der Waals surface area contributed by atoms with Crippen LogP contribution in [-0.2, 0) is 19.7 Å². The number of hydrogen-bond acceptors (Lipinski definition) is 5. The van der Waals surface area contributed by atoms with Crippen molar-refractivity contribution in [2.45, 2.75) is 12.1 Å². The van der Waals surface area contributed by atoms with Crippen molar-refractivity contribution < 1.29 is 17.9 Å². The summed E-state index contributed by atoms with van der Waals surface area (Å²) in [5.41, 5.74) is 1.07. The molecule has 0 radical (unpaired) electrons. The van der Waals surface area contributed by atoms with Gasteiger partial charge < -0.3 is 9.47 Å². The second-order valence-electron chi connectivity index (χ2n) is 7.90. The van der Waals surface area contributed by atoms with Crippen LogP contribution < -0.4 is 0 Å². The zero-order valence-electron chi connectivity index (χ0n) is 16.0. The molecule has 0 amide bonds. The Kier molecular flexibility index (Phi) is 5.55. The van der Waals surface area contributed by atoms with Gasteiger partial charge in [-0.2, -0.15) is 17.0 Å².